The first-order valence-corrected chi connectivity index (χ1v) is 12.6. The highest BCUT2D eigenvalue weighted by Crippen LogP contribution is 2.41. The number of allylic oxidation sites excluding steroid dienone is 2. The zero-order chi connectivity index (χ0) is 21.7. The minimum atomic E-state index is 0.422. The molecule has 0 spiro atoms. The Morgan fingerprint density at radius 1 is 0.933 bits per heavy atom. The molecule has 162 valence electrons. The summed E-state index contributed by atoms with van der Waals surface area (Å²) < 4.78 is 0. The van der Waals surface area contributed by atoms with Crippen LogP contribution in [-0.4, -0.2) is 16.9 Å². The van der Waals surface area contributed by atoms with Crippen molar-refractivity contribution in [2.24, 2.45) is 17.8 Å². The van der Waals surface area contributed by atoms with Gasteiger partial charge < -0.3 is 4.90 Å². The quantitative estimate of drug-likeness (QED) is 0.264. The van der Waals surface area contributed by atoms with Gasteiger partial charge in [0.1, 0.15) is 0 Å². The van der Waals surface area contributed by atoms with Gasteiger partial charge in [0, 0.05) is 22.6 Å². The van der Waals surface area contributed by atoms with Gasteiger partial charge in [-0.25, -0.2) is 0 Å². The summed E-state index contributed by atoms with van der Waals surface area (Å²) in [4.78, 5) is 3.17. The van der Waals surface area contributed by atoms with Crippen molar-refractivity contribution in [1.29, 1.82) is 0 Å². The van der Waals surface area contributed by atoms with E-state index in [1.54, 1.807) is 0 Å². The molecule has 30 heavy (non-hydrogen) atoms. The average molecular weight is 469 g/mol. The van der Waals surface area contributed by atoms with Crippen LogP contribution < -0.4 is 4.90 Å². The van der Waals surface area contributed by atoms with Gasteiger partial charge in [0.25, 0.3) is 0 Å². The minimum absolute atomic E-state index is 0.422. The molecule has 6 atom stereocenters. The molecule has 0 aliphatic heterocycles. The molecule has 0 saturated heterocycles. The molecule has 2 heteroatoms. The van der Waals surface area contributed by atoms with Crippen LogP contribution in [0.1, 0.15) is 53.9 Å². The van der Waals surface area contributed by atoms with Crippen LogP contribution in [0.5, 0.6) is 0 Å². The summed E-state index contributed by atoms with van der Waals surface area (Å²) >= 11 is 3.90. The van der Waals surface area contributed by atoms with E-state index in [1.807, 2.05) is 0 Å². The molecule has 0 bridgehead atoms. The first-order valence-electron chi connectivity index (χ1n) is 11.7. The number of rotatable bonds is 9. The first-order chi connectivity index (χ1) is 14.5. The minimum Gasteiger partial charge on any atom is -0.365 e. The summed E-state index contributed by atoms with van der Waals surface area (Å²) in [6.45, 7) is 11.7. The lowest BCUT2D eigenvalue weighted by Crippen LogP contribution is -2.54. The van der Waals surface area contributed by atoms with E-state index in [-0.39, 0.29) is 0 Å². The Kier molecular flexibility index (Phi) is 8.22. The van der Waals surface area contributed by atoms with E-state index in [4.69, 9.17) is 0 Å². The maximum Gasteiger partial charge on any atom is 0.0371 e. The van der Waals surface area contributed by atoms with Crippen LogP contribution in [0, 0.1) is 17.8 Å². The SMILES string of the molecule is C/C=C\C(Br)C(C)[C@H](C)[C@H](C)N(c1ccc(-c2ccccc2)cc1)C1CC[C@@H]1CC. The molecule has 2 aromatic carbocycles. The van der Waals surface area contributed by atoms with Crippen molar-refractivity contribution in [3.05, 3.63) is 66.7 Å². The van der Waals surface area contributed by atoms with Crippen LogP contribution in [0.2, 0.25) is 0 Å². The lowest BCUT2D eigenvalue weighted by molar-refractivity contribution is 0.201. The van der Waals surface area contributed by atoms with E-state index in [9.17, 15) is 0 Å². The number of halogens is 1. The molecular weight excluding hydrogens is 430 g/mol. The smallest absolute Gasteiger partial charge is 0.0371 e. The average Bonchev–Trinajstić information content (AvgIpc) is 2.76. The highest BCUT2D eigenvalue weighted by atomic mass is 79.9. The van der Waals surface area contributed by atoms with E-state index >= 15 is 0 Å². The molecule has 1 nitrogen and oxygen atoms in total. The third-order valence-corrected chi connectivity index (χ3v) is 8.58. The molecule has 1 fully saturated rings. The Morgan fingerprint density at radius 2 is 1.57 bits per heavy atom. The molecule has 0 heterocycles. The third kappa shape index (κ3) is 5.02. The van der Waals surface area contributed by atoms with Crippen molar-refractivity contribution in [2.45, 2.75) is 70.8 Å². The maximum atomic E-state index is 3.90. The maximum absolute atomic E-state index is 3.90. The van der Waals surface area contributed by atoms with Gasteiger partial charge in [0.15, 0.2) is 0 Å². The first kappa shape index (κ1) is 23.1. The molecule has 1 saturated carbocycles. The Labute approximate surface area is 192 Å². The fourth-order valence-electron chi connectivity index (χ4n) is 4.92. The summed E-state index contributed by atoms with van der Waals surface area (Å²) in [7, 11) is 0. The van der Waals surface area contributed by atoms with Gasteiger partial charge in [-0.05, 0) is 67.7 Å². The Morgan fingerprint density at radius 3 is 2.10 bits per heavy atom. The second-order valence-electron chi connectivity index (χ2n) is 9.06. The van der Waals surface area contributed by atoms with Crippen LogP contribution in [0.4, 0.5) is 5.69 Å². The normalized spacial score (nSPS) is 22.9. The van der Waals surface area contributed by atoms with Crippen LogP contribution in [-0.2, 0) is 0 Å². The molecule has 0 N–H and O–H groups in total. The topological polar surface area (TPSA) is 3.24 Å². The summed E-state index contributed by atoms with van der Waals surface area (Å²) in [5.74, 6) is 1.97. The Balaban J connectivity index is 1.87. The van der Waals surface area contributed by atoms with Gasteiger partial charge in [-0.15, -0.1) is 0 Å². The Hall–Kier alpha value is -1.54. The van der Waals surface area contributed by atoms with Crippen molar-refractivity contribution < 1.29 is 0 Å². The van der Waals surface area contributed by atoms with Gasteiger partial charge in [-0.1, -0.05) is 97.7 Å². The van der Waals surface area contributed by atoms with E-state index in [1.165, 1.54) is 36.1 Å². The van der Waals surface area contributed by atoms with Gasteiger partial charge in [-0.3, -0.25) is 0 Å². The predicted octanol–water partition coefficient (Wildman–Crippen LogP) is 8.35. The number of hydrogen-bond acceptors (Lipinski definition) is 1. The zero-order valence-corrected chi connectivity index (χ0v) is 20.8. The highest BCUT2D eigenvalue weighted by Gasteiger charge is 2.39. The number of alkyl halides is 1. The van der Waals surface area contributed by atoms with E-state index in [0.717, 1.165) is 5.92 Å². The van der Waals surface area contributed by atoms with Crippen molar-refractivity contribution >= 4 is 21.6 Å². The van der Waals surface area contributed by atoms with Gasteiger partial charge in [0.05, 0.1) is 0 Å². The second-order valence-corrected chi connectivity index (χ2v) is 10.1. The van der Waals surface area contributed by atoms with E-state index < -0.39 is 0 Å². The van der Waals surface area contributed by atoms with Gasteiger partial charge >= 0.3 is 0 Å². The van der Waals surface area contributed by atoms with Crippen LogP contribution >= 0.6 is 15.9 Å². The van der Waals surface area contributed by atoms with Crippen molar-refractivity contribution in [3.63, 3.8) is 0 Å². The highest BCUT2D eigenvalue weighted by molar-refractivity contribution is 9.09. The molecular formula is C28H38BrN. The molecule has 1 aliphatic rings. The lowest BCUT2D eigenvalue weighted by atomic mass is 9.74. The molecule has 0 radical (unpaired) electrons. The predicted molar refractivity (Wildman–Crippen MR) is 136 cm³/mol. The van der Waals surface area contributed by atoms with E-state index in [2.05, 4.69) is 122 Å². The van der Waals surface area contributed by atoms with Crippen molar-refractivity contribution in [1.82, 2.24) is 0 Å². The number of anilines is 1. The second kappa shape index (κ2) is 10.7. The number of hydrogen-bond donors (Lipinski definition) is 0. The zero-order valence-electron chi connectivity index (χ0n) is 19.3. The molecule has 2 aromatic rings. The summed E-state index contributed by atoms with van der Waals surface area (Å²) in [6, 6.07) is 21.1. The van der Waals surface area contributed by atoms with Gasteiger partial charge in [-0.2, -0.15) is 0 Å². The fraction of sp³-hybridized carbons (Fsp3) is 0.500. The fourth-order valence-corrected chi connectivity index (χ4v) is 5.71. The number of nitrogens with zero attached hydrogens (tertiary/aromatic N) is 1. The molecule has 1 aliphatic carbocycles. The molecule has 3 unspecified atom stereocenters. The number of benzene rings is 2. The molecule has 0 amide bonds. The largest absolute Gasteiger partial charge is 0.365 e. The summed E-state index contributed by atoms with van der Waals surface area (Å²) in [6.07, 6.45) is 8.41. The third-order valence-electron chi connectivity index (χ3n) is 7.44. The van der Waals surface area contributed by atoms with E-state index in [0.29, 0.717) is 28.7 Å². The van der Waals surface area contributed by atoms with Gasteiger partial charge in [0.2, 0.25) is 0 Å². The van der Waals surface area contributed by atoms with Crippen LogP contribution in [0.3, 0.4) is 0 Å². The Bertz CT molecular complexity index is 795. The lowest BCUT2D eigenvalue weighted by Gasteiger charge is -2.50. The monoisotopic (exact) mass is 467 g/mol. The summed E-state index contributed by atoms with van der Waals surface area (Å²) in [5.41, 5.74) is 3.96. The molecule has 3 rings (SSSR count). The molecule has 0 aromatic heterocycles. The van der Waals surface area contributed by atoms with Crippen LogP contribution in [0.15, 0.2) is 66.7 Å². The standard InChI is InChI=1S/C28H38BrN/c1-6-11-27(29)21(4)20(3)22(5)30(28-19-16-23(28)7-2)26-17-14-25(15-18-26)24-12-9-8-10-13-24/h6,8-15,17-18,20-23,27-28H,7,16,19H2,1-5H3/b11-6-/t20-,21?,22-,23-,27?,28?/m0/s1. The van der Waals surface area contributed by atoms with Crippen molar-refractivity contribution in [2.75, 3.05) is 4.90 Å². The summed E-state index contributed by atoms with van der Waals surface area (Å²) in [5, 5.41) is 0. The van der Waals surface area contributed by atoms with Crippen LogP contribution in [0.25, 0.3) is 11.1 Å². The van der Waals surface area contributed by atoms with Crippen molar-refractivity contribution in [3.8, 4) is 11.1 Å².